The van der Waals surface area contributed by atoms with E-state index in [1.165, 1.54) is 6.92 Å². The first-order valence-electron chi connectivity index (χ1n) is 22.5. The first-order valence-corrected chi connectivity index (χ1v) is 22.5. The van der Waals surface area contributed by atoms with Crippen LogP contribution in [0.5, 0.6) is 0 Å². The van der Waals surface area contributed by atoms with E-state index in [4.69, 9.17) is 28.8 Å². The number of hydrogen-bond acceptors (Lipinski definition) is 15. The maximum atomic E-state index is 14.0. The minimum absolute atomic E-state index is 0.0439. The minimum Gasteiger partial charge on any atom is -0.481 e. The van der Waals surface area contributed by atoms with E-state index in [0.29, 0.717) is 25.9 Å². The number of carbonyl (C=O) groups excluding carboxylic acids is 4. The van der Waals surface area contributed by atoms with Crippen LogP contribution in [0.2, 0.25) is 0 Å². The molecule has 354 valence electrons. The Morgan fingerprint density at radius 1 is 0.839 bits per heavy atom. The van der Waals surface area contributed by atoms with Crippen LogP contribution in [0.25, 0.3) is 0 Å². The van der Waals surface area contributed by atoms with Gasteiger partial charge in [-0.25, -0.2) is 0 Å². The summed E-state index contributed by atoms with van der Waals surface area (Å²) in [5, 5.41) is 70.7. The molecule has 62 heavy (non-hydrogen) atoms. The summed E-state index contributed by atoms with van der Waals surface area (Å²) in [4.78, 5) is 65.2. The zero-order chi connectivity index (χ0) is 45.1. The van der Waals surface area contributed by atoms with Crippen molar-refractivity contribution in [3.63, 3.8) is 0 Å². The maximum absolute atomic E-state index is 14.0. The van der Waals surface area contributed by atoms with Crippen LogP contribution in [0.1, 0.15) is 97.8 Å². The SMILES string of the molecule is CCC1CC(C(=O)NCCNC(=O)CCC(=O)O)C(CO[C@@H]2OC(CO)[C@H](O)C(O[C@@H](CC3CCCCC3)C(=O)N3CCC3)C2NC(C)=O)CC1O[C@@H]1OC(C)[C@@H](O)C(O)C1O. The van der Waals surface area contributed by atoms with Gasteiger partial charge in [0.15, 0.2) is 12.6 Å². The van der Waals surface area contributed by atoms with Gasteiger partial charge in [-0.15, -0.1) is 0 Å². The lowest BCUT2D eigenvalue weighted by Gasteiger charge is -2.47. The van der Waals surface area contributed by atoms with E-state index in [2.05, 4.69) is 16.0 Å². The summed E-state index contributed by atoms with van der Waals surface area (Å²) >= 11 is 0. The van der Waals surface area contributed by atoms with Crippen molar-refractivity contribution in [3.05, 3.63) is 0 Å². The van der Waals surface area contributed by atoms with Crippen molar-refractivity contribution >= 4 is 29.6 Å². The number of nitrogens with one attached hydrogen (secondary N) is 3. The molecule has 9 N–H and O–H groups in total. The summed E-state index contributed by atoms with van der Waals surface area (Å²) < 4.78 is 31.2. The molecule has 3 saturated heterocycles. The number of amides is 4. The molecule has 0 radical (unpaired) electrons. The highest BCUT2D eigenvalue weighted by Gasteiger charge is 2.51. The number of carbonyl (C=O) groups is 5. The van der Waals surface area contributed by atoms with Gasteiger partial charge >= 0.3 is 5.97 Å². The molecular formula is C42H70N4O16. The Labute approximate surface area is 362 Å². The van der Waals surface area contributed by atoms with Gasteiger partial charge in [-0.3, -0.25) is 24.0 Å². The van der Waals surface area contributed by atoms with Crippen LogP contribution in [0.15, 0.2) is 0 Å². The number of ether oxygens (including phenoxy) is 5. The number of carboxylic acids is 1. The van der Waals surface area contributed by atoms with Crippen LogP contribution in [0, 0.1) is 23.7 Å². The summed E-state index contributed by atoms with van der Waals surface area (Å²) in [6.45, 7) is 5.21. The average Bonchev–Trinajstić information content (AvgIpc) is 3.22. The van der Waals surface area contributed by atoms with Gasteiger partial charge < -0.3 is 75.2 Å². The number of rotatable bonds is 20. The Hall–Kier alpha value is -3.05. The third kappa shape index (κ3) is 13.3. The van der Waals surface area contributed by atoms with Crippen molar-refractivity contribution < 1.29 is 78.3 Å². The van der Waals surface area contributed by atoms with Crippen molar-refractivity contribution in [2.24, 2.45) is 23.7 Å². The maximum Gasteiger partial charge on any atom is 0.303 e. The molecule has 20 heteroatoms. The Kier molecular flexibility index (Phi) is 19.1. The van der Waals surface area contributed by atoms with Crippen molar-refractivity contribution in [3.8, 4) is 0 Å². The molecule has 20 nitrogen and oxygen atoms in total. The first-order chi connectivity index (χ1) is 29.6. The van der Waals surface area contributed by atoms with Crippen LogP contribution < -0.4 is 16.0 Å². The van der Waals surface area contributed by atoms with Gasteiger partial charge in [-0.2, -0.15) is 0 Å². The lowest BCUT2D eigenvalue weighted by Crippen LogP contribution is -2.66. The van der Waals surface area contributed by atoms with Crippen LogP contribution in [-0.4, -0.2) is 178 Å². The molecule has 0 bridgehead atoms. The van der Waals surface area contributed by atoms with E-state index < -0.39 is 110 Å². The second-order valence-electron chi connectivity index (χ2n) is 17.7. The fraction of sp³-hybridized carbons (Fsp3) is 0.881. The fourth-order valence-corrected chi connectivity index (χ4v) is 9.40. The van der Waals surface area contributed by atoms with Gasteiger partial charge in [-0.1, -0.05) is 45.4 Å². The van der Waals surface area contributed by atoms with Crippen molar-refractivity contribution in [1.29, 1.82) is 0 Å². The molecule has 5 rings (SSSR count). The molecule has 4 amide bonds. The molecule has 5 aliphatic rings. The topological polar surface area (TPSA) is 292 Å². The predicted molar refractivity (Wildman–Crippen MR) is 216 cm³/mol. The third-order valence-electron chi connectivity index (χ3n) is 13.2. The number of nitrogens with zero attached hydrogens (tertiary/aromatic N) is 1. The highest BCUT2D eigenvalue weighted by Crippen LogP contribution is 2.40. The molecular weight excluding hydrogens is 816 g/mol. The number of aliphatic hydroxyl groups is 5. The second-order valence-corrected chi connectivity index (χ2v) is 17.7. The number of hydrogen-bond donors (Lipinski definition) is 9. The summed E-state index contributed by atoms with van der Waals surface area (Å²) in [6, 6.07) is -1.15. The number of aliphatic hydroxyl groups excluding tert-OH is 5. The zero-order valence-electron chi connectivity index (χ0n) is 36.2. The summed E-state index contributed by atoms with van der Waals surface area (Å²) in [5.41, 5.74) is 0. The molecule has 2 saturated carbocycles. The van der Waals surface area contributed by atoms with Crippen molar-refractivity contribution in [2.45, 2.75) is 171 Å². The van der Waals surface area contributed by atoms with Gasteiger partial charge in [0.05, 0.1) is 31.8 Å². The predicted octanol–water partition coefficient (Wildman–Crippen LogP) is -1.10. The van der Waals surface area contributed by atoms with Gasteiger partial charge in [0, 0.05) is 45.4 Å². The van der Waals surface area contributed by atoms with Gasteiger partial charge in [-0.05, 0) is 50.4 Å². The lowest BCUT2D eigenvalue weighted by atomic mass is 9.71. The van der Waals surface area contributed by atoms with Gasteiger partial charge in [0.1, 0.15) is 48.8 Å². The van der Waals surface area contributed by atoms with Crippen LogP contribution in [-0.2, 0) is 47.7 Å². The summed E-state index contributed by atoms with van der Waals surface area (Å²) in [7, 11) is 0. The highest BCUT2D eigenvalue weighted by molar-refractivity contribution is 5.82. The Morgan fingerprint density at radius 2 is 1.55 bits per heavy atom. The average molecular weight is 887 g/mol. The number of likely N-dealkylation sites (tertiary alicyclic amines) is 1. The third-order valence-corrected chi connectivity index (χ3v) is 13.2. The van der Waals surface area contributed by atoms with Crippen molar-refractivity contribution in [2.75, 3.05) is 39.4 Å². The van der Waals surface area contributed by atoms with Crippen LogP contribution in [0.4, 0.5) is 0 Å². The second kappa shape index (κ2) is 23.8. The Morgan fingerprint density at radius 3 is 2.18 bits per heavy atom. The molecule has 3 heterocycles. The zero-order valence-corrected chi connectivity index (χ0v) is 36.2. The van der Waals surface area contributed by atoms with Crippen molar-refractivity contribution in [1.82, 2.24) is 20.9 Å². The molecule has 0 spiro atoms. The highest BCUT2D eigenvalue weighted by atomic mass is 16.7. The number of carboxylic acid groups (broad SMARTS) is 1. The van der Waals surface area contributed by atoms with E-state index in [9.17, 15) is 49.5 Å². The fourth-order valence-electron chi connectivity index (χ4n) is 9.40. The standard InChI is InChI=1S/C42H70N4O16/c1-4-25-18-27(39(56)44-14-13-43-31(49)11-12-32(50)51)26(19-28(25)61-42-37(55)36(54)34(52)22(2)59-42)21-58-41-33(45-23(3)48)38(35(53)30(20-47)62-41)60-29(40(57)46-15-8-16-46)17-24-9-6-5-7-10-24/h22,24-30,33-38,41-42,47,52-55H,4-21H2,1-3H3,(H,43,49)(H,44,56)(H,45,48)(H,50,51)/t22?,25?,26?,27?,28?,29-,30?,33?,34+,35-,36?,37?,38?,41+,42-/m0/s1. The van der Waals surface area contributed by atoms with E-state index >= 15 is 0 Å². The smallest absolute Gasteiger partial charge is 0.303 e. The molecule has 15 atom stereocenters. The molecule has 0 aromatic heterocycles. The van der Waals surface area contributed by atoms with Crippen LogP contribution in [0.3, 0.4) is 0 Å². The Bertz CT molecular complexity index is 1480. The molecule has 0 aromatic rings. The molecule has 5 fully saturated rings. The van der Waals surface area contributed by atoms with E-state index in [1.54, 1.807) is 11.8 Å². The lowest BCUT2D eigenvalue weighted by molar-refractivity contribution is -0.313. The van der Waals surface area contributed by atoms with E-state index in [1.807, 2.05) is 6.92 Å². The summed E-state index contributed by atoms with van der Waals surface area (Å²) in [6.07, 6.45) is -6.54. The quantitative estimate of drug-likeness (QED) is 0.0657. The first kappa shape index (κ1) is 50.0. The molecule has 0 aromatic carbocycles. The number of aliphatic carboxylic acids is 1. The van der Waals surface area contributed by atoms with Gasteiger partial charge in [0.25, 0.3) is 5.91 Å². The largest absolute Gasteiger partial charge is 0.481 e. The minimum atomic E-state index is -1.57. The van der Waals surface area contributed by atoms with E-state index in [-0.39, 0.29) is 69.0 Å². The Balaban J connectivity index is 1.36. The molecule has 10 unspecified atom stereocenters. The summed E-state index contributed by atoms with van der Waals surface area (Å²) in [5.74, 6) is -3.97. The van der Waals surface area contributed by atoms with Crippen LogP contribution >= 0.6 is 0 Å². The van der Waals surface area contributed by atoms with E-state index in [0.717, 1.165) is 38.5 Å². The molecule has 2 aliphatic carbocycles. The molecule has 3 aliphatic heterocycles. The van der Waals surface area contributed by atoms with Gasteiger partial charge in [0.2, 0.25) is 17.7 Å². The monoisotopic (exact) mass is 886 g/mol. The normalized spacial score (nSPS) is 35.9.